The average Bonchev–Trinajstić information content (AvgIpc) is 3.22. The molecule has 0 aliphatic heterocycles. The van der Waals surface area contributed by atoms with Crippen LogP contribution in [0.4, 0.5) is 5.69 Å². The van der Waals surface area contributed by atoms with Gasteiger partial charge < -0.3 is 14.8 Å². The molecule has 0 bridgehead atoms. The molecule has 1 aromatic rings. The first-order valence-electron chi connectivity index (χ1n) is 6.67. The van der Waals surface area contributed by atoms with Crippen molar-refractivity contribution in [3.63, 3.8) is 0 Å². The van der Waals surface area contributed by atoms with E-state index in [4.69, 9.17) is 9.47 Å². The van der Waals surface area contributed by atoms with Gasteiger partial charge in [-0.2, -0.15) is 5.10 Å². The Morgan fingerprint density at radius 2 is 2.26 bits per heavy atom. The van der Waals surface area contributed by atoms with E-state index < -0.39 is 0 Å². The molecule has 19 heavy (non-hydrogen) atoms. The normalized spacial score (nSPS) is 14.6. The molecule has 1 heterocycles. The molecular formula is C13H21N3O3. The van der Waals surface area contributed by atoms with Crippen LogP contribution >= 0.6 is 0 Å². The van der Waals surface area contributed by atoms with Gasteiger partial charge in [-0.15, -0.1) is 0 Å². The molecule has 0 unspecified atom stereocenters. The van der Waals surface area contributed by atoms with Gasteiger partial charge in [0.1, 0.15) is 0 Å². The predicted octanol–water partition coefficient (Wildman–Crippen LogP) is 0.728. The summed E-state index contributed by atoms with van der Waals surface area (Å²) in [4.78, 5) is 11.8. The van der Waals surface area contributed by atoms with Crippen LogP contribution in [0.5, 0.6) is 0 Å². The molecule has 6 heteroatoms. The standard InChI is InChI=1S/C13H21N3O3/c1-18-6-7-19-5-4-16-13(17)8-12(10-15-16)14-9-11-2-3-11/h8,10-11,14H,2-7,9H2,1H3. The van der Waals surface area contributed by atoms with E-state index in [1.807, 2.05) is 0 Å². The van der Waals surface area contributed by atoms with Crippen molar-refractivity contribution < 1.29 is 9.47 Å². The Labute approximate surface area is 112 Å². The third-order valence-corrected chi connectivity index (χ3v) is 3.04. The van der Waals surface area contributed by atoms with Crippen molar-refractivity contribution in [3.05, 3.63) is 22.6 Å². The minimum absolute atomic E-state index is 0.101. The minimum Gasteiger partial charge on any atom is -0.383 e. The van der Waals surface area contributed by atoms with E-state index in [2.05, 4.69) is 10.4 Å². The lowest BCUT2D eigenvalue weighted by Gasteiger charge is -2.08. The van der Waals surface area contributed by atoms with Crippen LogP contribution in [0.25, 0.3) is 0 Å². The number of hydrogen-bond acceptors (Lipinski definition) is 5. The molecule has 0 amide bonds. The summed E-state index contributed by atoms with van der Waals surface area (Å²) in [6.07, 6.45) is 4.27. The maximum absolute atomic E-state index is 11.8. The largest absolute Gasteiger partial charge is 0.383 e. The van der Waals surface area contributed by atoms with Gasteiger partial charge in [0, 0.05) is 19.7 Å². The summed E-state index contributed by atoms with van der Waals surface area (Å²) < 4.78 is 11.6. The van der Waals surface area contributed by atoms with Crippen LogP contribution in [-0.2, 0) is 16.0 Å². The lowest BCUT2D eigenvalue weighted by Crippen LogP contribution is -2.25. The van der Waals surface area contributed by atoms with Gasteiger partial charge in [0.15, 0.2) is 0 Å². The lowest BCUT2D eigenvalue weighted by molar-refractivity contribution is 0.0649. The van der Waals surface area contributed by atoms with E-state index in [1.165, 1.54) is 17.5 Å². The van der Waals surface area contributed by atoms with Gasteiger partial charge in [-0.05, 0) is 18.8 Å². The van der Waals surface area contributed by atoms with Crippen LogP contribution in [0.2, 0.25) is 0 Å². The van der Waals surface area contributed by atoms with Gasteiger partial charge in [-0.1, -0.05) is 0 Å². The quantitative estimate of drug-likeness (QED) is 0.668. The van der Waals surface area contributed by atoms with E-state index in [1.54, 1.807) is 19.4 Å². The number of anilines is 1. The van der Waals surface area contributed by atoms with Crippen molar-refractivity contribution >= 4 is 5.69 Å². The molecule has 106 valence electrons. The van der Waals surface area contributed by atoms with Crippen molar-refractivity contribution in [2.75, 3.05) is 38.8 Å². The first-order valence-corrected chi connectivity index (χ1v) is 6.67. The highest BCUT2D eigenvalue weighted by Crippen LogP contribution is 2.28. The average molecular weight is 267 g/mol. The topological polar surface area (TPSA) is 65.4 Å². The first kappa shape index (κ1) is 14.0. The molecule has 0 atom stereocenters. The molecule has 0 saturated heterocycles. The smallest absolute Gasteiger partial charge is 0.268 e. The second-order valence-corrected chi connectivity index (χ2v) is 4.74. The molecule has 1 aliphatic carbocycles. The molecule has 0 radical (unpaired) electrons. The minimum atomic E-state index is -0.101. The fourth-order valence-corrected chi connectivity index (χ4v) is 1.68. The Bertz CT molecular complexity index is 443. The SMILES string of the molecule is COCCOCCn1ncc(NCC2CC2)cc1=O. The van der Waals surface area contributed by atoms with Gasteiger partial charge in [0.25, 0.3) is 5.56 Å². The van der Waals surface area contributed by atoms with Gasteiger partial charge in [-0.25, -0.2) is 4.68 Å². The van der Waals surface area contributed by atoms with E-state index in [-0.39, 0.29) is 5.56 Å². The molecule has 6 nitrogen and oxygen atoms in total. The van der Waals surface area contributed by atoms with Gasteiger partial charge in [0.2, 0.25) is 0 Å². The van der Waals surface area contributed by atoms with Gasteiger partial charge in [-0.3, -0.25) is 4.79 Å². The fourth-order valence-electron chi connectivity index (χ4n) is 1.68. The first-order chi connectivity index (χ1) is 9.29. The lowest BCUT2D eigenvalue weighted by atomic mass is 10.4. The molecule has 0 spiro atoms. The summed E-state index contributed by atoms with van der Waals surface area (Å²) in [6, 6.07) is 1.59. The molecule has 1 aromatic heterocycles. The molecule has 1 fully saturated rings. The third-order valence-electron chi connectivity index (χ3n) is 3.04. The Hall–Kier alpha value is -1.40. The van der Waals surface area contributed by atoms with Crippen LogP contribution in [-0.4, -0.2) is 43.3 Å². The van der Waals surface area contributed by atoms with Crippen molar-refractivity contribution in [2.24, 2.45) is 5.92 Å². The zero-order valence-electron chi connectivity index (χ0n) is 11.3. The zero-order valence-corrected chi connectivity index (χ0v) is 11.3. The number of rotatable bonds is 9. The van der Waals surface area contributed by atoms with Crippen molar-refractivity contribution in [1.82, 2.24) is 9.78 Å². The van der Waals surface area contributed by atoms with E-state index in [0.717, 1.165) is 18.2 Å². The molecule has 1 N–H and O–H groups in total. The number of aromatic nitrogens is 2. The molecule has 2 rings (SSSR count). The van der Waals surface area contributed by atoms with Crippen LogP contribution in [0.3, 0.4) is 0 Å². The van der Waals surface area contributed by atoms with Crippen LogP contribution < -0.4 is 10.9 Å². The fraction of sp³-hybridized carbons (Fsp3) is 0.692. The molecule has 1 aliphatic rings. The Kier molecular flexibility index (Phi) is 5.35. The predicted molar refractivity (Wildman–Crippen MR) is 72.4 cm³/mol. The Morgan fingerprint density at radius 1 is 1.42 bits per heavy atom. The van der Waals surface area contributed by atoms with Crippen molar-refractivity contribution in [3.8, 4) is 0 Å². The maximum Gasteiger partial charge on any atom is 0.268 e. The summed E-state index contributed by atoms with van der Waals surface area (Å²) in [5, 5.41) is 7.36. The van der Waals surface area contributed by atoms with Crippen LogP contribution in [0.1, 0.15) is 12.8 Å². The van der Waals surface area contributed by atoms with Crippen molar-refractivity contribution in [1.29, 1.82) is 0 Å². The van der Waals surface area contributed by atoms with Crippen molar-refractivity contribution in [2.45, 2.75) is 19.4 Å². The number of nitrogens with zero attached hydrogens (tertiary/aromatic N) is 2. The summed E-state index contributed by atoms with van der Waals surface area (Å²) in [7, 11) is 1.63. The second kappa shape index (κ2) is 7.25. The third kappa shape index (κ3) is 5.00. The van der Waals surface area contributed by atoms with Gasteiger partial charge >= 0.3 is 0 Å². The van der Waals surface area contributed by atoms with E-state index >= 15 is 0 Å². The van der Waals surface area contributed by atoms with Gasteiger partial charge in [0.05, 0.1) is 38.2 Å². The Balaban J connectivity index is 1.75. The summed E-state index contributed by atoms with van der Waals surface area (Å²) >= 11 is 0. The highest BCUT2D eigenvalue weighted by Gasteiger charge is 2.20. The number of methoxy groups -OCH3 is 1. The van der Waals surface area contributed by atoms with Crippen LogP contribution in [0.15, 0.2) is 17.1 Å². The Morgan fingerprint density at radius 3 is 2.95 bits per heavy atom. The number of ether oxygens (including phenoxy) is 2. The summed E-state index contributed by atoms with van der Waals surface area (Å²) in [6.45, 7) is 2.96. The maximum atomic E-state index is 11.8. The highest BCUT2D eigenvalue weighted by atomic mass is 16.5. The van der Waals surface area contributed by atoms with Crippen LogP contribution in [0, 0.1) is 5.92 Å². The molecular weight excluding hydrogens is 246 g/mol. The highest BCUT2D eigenvalue weighted by molar-refractivity contribution is 5.38. The second-order valence-electron chi connectivity index (χ2n) is 4.74. The van der Waals surface area contributed by atoms with E-state index in [9.17, 15) is 4.79 Å². The monoisotopic (exact) mass is 267 g/mol. The summed E-state index contributed by atoms with van der Waals surface area (Å²) in [5.74, 6) is 0.775. The molecule has 1 saturated carbocycles. The van der Waals surface area contributed by atoms with E-state index in [0.29, 0.717) is 26.4 Å². The zero-order chi connectivity index (χ0) is 13.5. The molecule has 0 aromatic carbocycles. The number of hydrogen-bond donors (Lipinski definition) is 1. The number of nitrogens with one attached hydrogen (secondary N) is 1. The summed E-state index contributed by atoms with van der Waals surface area (Å²) in [5.41, 5.74) is 0.699.